The fourth-order valence-corrected chi connectivity index (χ4v) is 2.92. The average Bonchev–Trinajstić information content (AvgIpc) is 2.83. The number of aryl methyl sites for hydroxylation is 1. The first-order chi connectivity index (χ1) is 7.63. The number of aliphatic hydroxyl groups excluding tert-OH is 1. The van der Waals surface area contributed by atoms with Crippen LogP contribution in [0.4, 0.5) is 0 Å². The summed E-state index contributed by atoms with van der Waals surface area (Å²) in [5.74, 6) is 0.597. The van der Waals surface area contributed by atoms with Gasteiger partial charge in [-0.1, -0.05) is 0 Å². The predicted octanol–water partition coefficient (Wildman–Crippen LogP) is 2.33. The Morgan fingerprint density at radius 3 is 2.88 bits per heavy atom. The number of aliphatic hydroxyl groups is 1. The fraction of sp³-hybridized carbons (Fsp3) is 0.300. The SMILES string of the molecule is COc1cnn(C)c1C(O)c1ccc(Br)s1. The van der Waals surface area contributed by atoms with Gasteiger partial charge in [0, 0.05) is 11.9 Å². The summed E-state index contributed by atoms with van der Waals surface area (Å²) in [7, 11) is 3.35. The van der Waals surface area contributed by atoms with Crippen LogP contribution in [0.25, 0.3) is 0 Å². The molecule has 1 unspecified atom stereocenters. The molecule has 0 radical (unpaired) electrons. The number of ether oxygens (including phenoxy) is 1. The number of hydrogen-bond donors (Lipinski definition) is 1. The van der Waals surface area contributed by atoms with Gasteiger partial charge < -0.3 is 9.84 Å². The van der Waals surface area contributed by atoms with Gasteiger partial charge in [0.1, 0.15) is 11.8 Å². The van der Waals surface area contributed by atoms with Crippen molar-refractivity contribution in [1.82, 2.24) is 9.78 Å². The number of thiophene rings is 1. The standard InChI is InChI=1S/C10H11BrN2O2S/c1-13-9(6(15-2)5-12-13)10(14)7-3-4-8(11)16-7/h3-5,10,14H,1-2H3. The molecule has 0 amide bonds. The highest BCUT2D eigenvalue weighted by Crippen LogP contribution is 2.34. The lowest BCUT2D eigenvalue weighted by molar-refractivity contribution is 0.208. The second-order valence-electron chi connectivity index (χ2n) is 3.27. The topological polar surface area (TPSA) is 47.3 Å². The maximum atomic E-state index is 10.2. The van der Waals surface area contributed by atoms with E-state index in [0.29, 0.717) is 11.4 Å². The monoisotopic (exact) mass is 302 g/mol. The summed E-state index contributed by atoms with van der Waals surface area (Å²) in [4.78, 5) is 0.855. The van der Waals surface area contributed by atoms with Crippen molar-refractivity contribution in [2.45, 2.75) is 6.10 Å². The Hall–Kier alpha value is -0.850. The molecule has 0 spiro atoms. The summed E-state index contributed by atoms with van der Waals surface area (Å²) in [5.41, 5.74) is 0.664. The van der Waals surface area contributed by atoms with Crippen molar-refractivity contribution in [3.05, 3.63) is 32.7 Å². The van der Waals surface area contributed by atoms with Gasteiger partial charge in [-0.2, -0.15) is 5.10 Å². The Morgan fingerprint density at radius 1 is 1.56 bits per heavy atom. The first kappa shape index (κ1) is 11.6. The van der Waals surface area contributed by atoms with E-state index in [1.54, 1.807) is 25.0 Å². The summed E-state index contributed by atoms with van der Waals surface area (Å²) < 4.78 is 7.78. The number of nitrogens with zero attached hydrogens (tertiary/aromatic N) is 2. The molecular formula is C10H11BrN2O2S. The van der Waals surface area contributed by atoms with E-state index in [2.05, 4.69) is 21.0 Å². The van der Waals surface area contributed by atoms with Gasteiger partial charge in [0.2, 0.25) is 0 Å². The molecule has 1 N–H and O–H groups in total. The highest BCUT2D eigenvalue weighted by atomic mass is 79.9. The minimum absolute atomic E-state index is 0.597. The zero-order valence-corrected chi connectivity index (χ0v) is 11.2. The molecule has 2 rings (SSSR count). The number of halogens is 1. The van der Waals surface area contributed by atoms with Crippen molar-refractivity contribution in [2.75, 3.05) is 7.11 Å². The molecule has 2 aromatic heterocycles. The van der Waals surface area contributed by atoms with E-state index in [1.807, 2.05) is 12.1 Å². The third-order valence-corrected chi connectivity index (χ3v) is 3.97. The largest absolute Gasteiger partial charge is 0.493 e. The van der Waals surface area contributed by atoms with Crippen LogP contribution in [-0.2, 0) is 7.05 Å². The number of aromatic nitrogens is 2. The van der Waals surface area contributed by atoms with Gasteiger partial charge in [-0.05, 0) is 28.1 Å². The molecule has 0 saturated carbocycles. The van der Waals surface area contributed by atoms with Crippen LogP contribution in [0.5, 0.6) is 5.75 Å². The van der Waals surface area contributed by atoms with E-state index in [4.69, 9.17) is 4.74 Å². The lowest BCUT2D eigenvalue weighted by atomic mass is 10.2. The first-order valence-electron chi connectivity index (χ1n) is 4.62. The van der Waals surface area contributed by atoms with Gasteiger partial charge in [0.05, 0.1) is 17.1 Å². The van der Waals surface area contributed by atoms with Crippen molar-refractivity contribution in [3.8, 4) is 5.75 Å². The third kappa shape index (κ3) is 2.00. The Bertz CT molecular complexity index is 495. The summed E-state index contributed by atoms with van der Waals surface area (Å²) in [6, 6.07) is 3.79. The zero-order valence-electron chi connectivity index (χ0n) is 8.85. The van der Waals surface area contributed by atoms with E-state index < -0.39 is 6.10 Å². The second-order valence-corrected chi connectivity index (χ2v) is 5.76. The van der Waals surface area contributed by atoms with Crippen LogP contribution in [0.2, 0.25) is 0 Å². The van der Waals surface area contributed by atoms with Crippen LogP contribution in [0, 0.1) is 0 Å². The Morgan fingerprint density at radius 2 is 2.31 bits per heavy atom. The minimum Gasteiger partial charge on any atom is -0.493 e. The maximum absolute atomic E-state index is 10.2. The molecule has 0 fully saturated rings. The van der Waals surface area contributed by atoms with Crippen molar-refractivity contribution >= 4 is 27.3 Å². The molecule has 2 aromatic rings. The smallest absolute Gasteiger partial charge is 0.163 e. The quantitative estimate of drug-likeness (QED) is 0.946. The van der Waals surface area contributed by atoms with Gasteiger partial charge in [-0.15, -0.1) is 11.3 Å². The fourth-order valence-electron chi connectivity index (χ4n) is 1.51. The summed E-state index contributed by atoms with van der Waals surface area (Å²) >= 11 is 4.86. The zero-order chi connectivity index (χ0) is 11.7. The van der Waals surface area contributed by atoms with Gasteiger partial charge >= 0.3 is 0 Å². The molecule has 0 bridgehead atoms. The van der Waals surface area contributed by atoms with Crippen molar-refractivity contribution in [3.63, 3.8) is 0 Å². The summed E-state index contributed by atoms with van der Waals surface area (Å²) in [5, 5.41) is 14.3. The Labute approximate surface area is 106 Å². The van der Waals surface area contributed by atoms with E-state index in [-0.39, 0.29) is 0 Å². The molecule has 4 nitrogen and oxygen atoms in total. The Kier molecular flexibility index (Phi) is 3.32. The average molecular weight is 303 g/mol. The van der Waals surface area contributed by atoms with Crippen LogP contribution in [-0.4, -0.2) is 22.0 Å². The van der Waals surface area contributed by atoms with E-state index in [9.17, 15) is 5.11 Å². The van der Waals surface area contributed by atoms with Crippen LogP contribution in [0.3, 0.4) is 0 Å². The number of rotatable bonds is 3. The first-order valence-corrected chi connectivity index (χ1v) is 6.23. The third-order valence-electron chi connectivity index (χ3n) is 2.29. The molecular weight excluding hydrogens is 292 g/mol. The molecule has 2 heterocycles. The summed E-state index contributed by atoms with van der Waals surface area (Å²) in [6.07, 6.45) is 0.889. The van der Waals surface area contributed by atoms with Gasteiger partial charge in [0.15, 0.2) is 5.75 Å². The van der Waals surface area contributed by atoms with Gasteiger partial charge in [-0.3, -0.25) is 4.68 Å². The molecule has 0 saturated heterocycles. The van der Waals surface area contributed by atoms with E-state index in [0.717, 1.165) is 8.66 Å². The lowest BCUT2D eigenvalue weighted by Crippen LogP contribution is -2.06. The molecule has 0 aliphatic heterocycles. The van der Waals surface area contributed by atoms with Gasteiger partial charge in [0.25, 0.3) is 0 Å². The van der Waals surface area contributed by atoms with Crippen LogP contribution >= 0.6 is 27.3 Å². The van der Waals surface area contributed by atoms with Crippen LogP contribution < -0.4 is 4.74 Å². The van der Waals surface area contributed by atoms with E-state index in [1.165, 1.54) is 11.3 Å². The molecule has 86 valence electrons. The molecule has 16 heavy (non-hydrogen) atoms. The highest BCUT2D eigenvalue weighted by Gasteiger charge is 2.21. The van der Waals surface area contributed by atoms with Crippen LogP contribution in [0.15, 0.2) is 22.1 Å². The summed E-state index contributed by atoms with van der Waals surface area (Å²) in [6.45, 7) is 0. The Balaban J connectivity index is 2.40. The van der Waals surface area contributed by atoms with Gasteiger partial charge in [-0.25, -0.2) is 0 Å². The highest BCUT2D eigenvalue weighted by molar-refractivity contribution is 9.11. The van der Waals surface area contributed by atoms with Crippen molar-refractivity contribution in [2.24, 2.45) is 7.05 Å². The molecule has 0 aliphatic rings. The van der Waals surface area contributed by atoms with E-state index >= 15 is 0 Å². The minimum atomic E-state index is -0.709. The molecule has 1 atom stereocenters. The molecule has 0 aromatic carbocycles. The number of hydrogen-bond acceptors (Lipinski definition) is 4. The molecule has 6 heteroatoms. The van der Waals surface area contributed by atoms with Crippen LogP contribution in [0.1, 0.15) is 16.7 Å². The predicted molar refractivity (Wildman–Crippen MR) is 65.8 cm³/mol. The van der Waals surface area contributed by atoms with Crippen molar-refractivity contribution in [1.29, 1.82) is 0 Å². The van der Waals surface area contributed by atoms with Crippen molar-refractivity contribution < 1.29 is 9.84 Å². The molecule has 0 aliphatic carbocycles. The lowest BCUT2D eigenvalue weighted by Gasteiger charge is -2.10. The maximum Gasteiger partial charge on any atom is 0.163 e. The second kappa shape index (κ2) is 4.57. The number of methoxy groups -OCH3 is 1. The normalized spacial score (nSPS) is 12.8.